The summed E-state index contributed by atoms with van der Waals surface area (Å²) in [7, 11) is 0. The molecule has 0 aliphatic rings. The molecule has 0 aliphatic carbocycles. The summed E-state index contributed by atoms with van der Waals surface area (Å²) < 4.78 is 41.9. The predicted octanol–water partition coefficient (Wildman–Crippen LogP) is 4.57. The lowest BCUT2D eigenvalue weighted by atomic mass is 9.97. The maximum absolute atomic E-state index is 14.1. The number of rotatable bonds is 4. The van der Waals surface area contributed by atoms with Crippen LogP contribution in [0.3, 0.4) is 0 Å². The molecule has 0 saturated carbocycles. The molecule has 0 saturated heterocycles. The lowest BCUT2D eigenvalue weighted by Gasteiger charge is -2.20. The number of hydrogen-bond donors (Lipinski definition) is 1. The summed E-state index contributed by atoms with van der Waals surface area (Å²) in [6.07, 6.45) is 0. The molecular weight excluding hydrogens is 331 g/mol. The molecular formula is C15H13BrF3N. The van der Waals surface area contributed by atoms with Gasteiger partial charge >= 0.3 is 0 Å². The molecule has 0 fully saturated rings. The molecule has 0 aromatic heterocycles. The highest BCUT2D eigenvalue weighted by Gasteiger charge is 2.21. The molecule has 1 atom stereocenters. The van der Waals surface area contributed by atoms with Gasteiger partial charge in [-0.05, 0) is 36.9 Å². The van der Waals surface area contributed by atoms with Gasteiger partial charge in [0.1, 0.15) is 17.5 Å². The van der Waals surface area contributed by atoms with Crippen LogP contribution < -0.4 is 5.32 Å². The van der Waals surface area contributed by atoms with Crippen molar-refractivity contribution in [1.82, 2.24) is 5.32 Å². The minimum Gasteiger partial charge on any atom is -0.306 e. The van der Waals surface area contributed by atoms with E-state index in [1.54, 1.807) is 12.1 Å². The number of benzene rings is 2. The minimum atomic E-state index is -0.733. The first-order chi connectivity index (χ1) is 9.52. The van der Waals surface area contributed by atoms with Crippen LogP contribution in [0.4, 0.5) is 13.2 Å². The zero-order chi connectivity index (χ0) is 14.7. The van der Waals surface area contributed by atoms with Gasteiger partial charge in [0.25, 0.3) is 0 Å². The highest BCUT2D eigenvalue weighted by molar-refractivity contribution is 9.10. The summed E-state index contributed by atoms with van der Waals surface area (Å²) in [4.78, 5) is 0. The van der Waals surface area contributed by atoms with Crippen LogP contribution in [0.1, 0.15) is 24.1 Å². The SMILES string of the molecule is CCNC(c1ccc(Br)cc1F)c1cc(F)ccc1F. The Labute approximate surface area is 123 Å². The van der Waals surface area contributed by atoms with Gasteiger partial charge in [-0.2, -0.15) is 0 Å². The number of hydrogen-bond acceptors (Lipinski definition) is 1. The first-order valence-electron chi connectivity index (χ1n) is 6.16. The van der Waals surface area contributed by atoms with E-state index in [9.17, 15) is 13.2 Å². The summed E-state index contributed by atoms with van der Waals surface area (Å²) in [6, 6.07) is 6.97. The summed E-state index contributed by atoms with van der Waals surface area (Å²) in [5, 5.41) is 2.98. The predicted molar refractivity (Wildman–Crippen MR) is 76.0 cm³/mol. The van der Waals surface area contributed by atoms with E-state index in [0.717, 1.165) is 18.2 Å². The lowest BCUT2D eigenvalue weighted by Crippen LogP contribution is -2.24. The maximum Gasteiger partial charge on any atom is 0.129 e. The van der Waals surface area contributed by atoms with Crippen LogP contribution in [0.2, 0.25) is 0 Å². The number of nitrogens with one attached hydrogen (secondary N) is 1. The van der Waals surface area contributed by atoms with E-state index in [-0.39, 0.29) is 11.1 Å². The van der Waals surface area contributed by atoms with Crippen molar-refractivity contribution in [3.8, 4) is 0 Å². The third kappa shape index (κ3) is 3.22. The van der Waals surface area contributed by atoms with Gasteiger partial charge in [-0.15, -0.1) is 0 Å². The van der Waals surface area contributed by atoms with Crippen LogP contribution in [-0.2, 0) is 0 Å². The molecule has 20 heavy (non-hydrogen) atoms. The average molecular weight is 344 g/mol. The molecule has 0 amide bonds. The molecule has 0 aliphatic heterocycles. The van der Waals surface area contributed by atoms with Crippen molar-refractivity contribution >= 4 is 15.9 Å². The second kappa shape index (κ2) is 6.41. The summed E-state index contributed by atoms with van der Waals surface area (Å²) in [5.74, 6) is -1.60. The Bertz CT molecular complexity index is 616. The topological polar surface area (TPSA) is 12.0 Å². The Balaban J connectivity index is 2.53. The quantitative estimate of drug-likeness (QED) is 0.857. The van der Waals surface area contributed by atoms with Crippen molar-refractivity contribution < 1.29 is 13.2 Å². The highest BCUT2D eigenvalue weighted by Crippen LogP contribution is 2.28. The van der Waals surface area contributed by atoms with Gasteiger partial charge < -0.3 is 5.32 Å². The first kappa shape index (κ1) is 15.1. The zero-order valence-electron chi connectivity index (χ0n) is 10.8. The third-order valence-electron chi connectivity index (χ3n) is 2.95. The smallest absolute Gasteiger partial charge is 0.129 e. The van der Waals surface area contributed by atoms with Crippen LogP contribution in [0.15, 0.2) is 40.9 Å². The van der Waals surface area contributed by atoms with Crippen LogP contribution in [0, 0.1) is 17.5 Å². The molecule has 2 rings (SSSR count). The Morgan fingerprint density at radius 3 is 2.40 bits per heavy atom. The van der Waals surface area contributed by atoms with E-state index in [2.05, 4.69) is 21.2 Å². The molecule has 0 bridgehead atoms. The molecule has 106 valence electrons. The van der Waals surface area contributed by atoms with Gasteiger partial charge in [0, 0.05) is 15.6 Å². The van der Waals surface area contributed by atoms with Crippen molar-refractivity contribution in [2.24, 2.45) is 0 Å². The van der Waals surface area contributed by atoms with Crippen LogP contribution in [0.25, 0.3) is 0 Å². The van der Waals surface area contributed by atoms with Gasteiger partial charge in [-0.25, -0.2) is 13.2 Å². The van der Waals surface area contributed by atoms with Crippen molar-refractivity contribution in [1.29, 1.82) is 0 Å². The van der Waals surface area contributed by atoms with Crippen LogP contribution in [-0.4, -0.2) is 6.54 Å². The highest BCUT2D eigenvalue weighted by atomic mass is 79.9. The fourth-order valence-corrected chi connectivity index (χ4v) is 2.40. The van der Waals surface area contributed by atoms with Gasteiger partial charge in [-0.3, -0.25) is 0 Å². The maximum atomic E-state index is 14.1. The fraction of sp³-hybridized carbons (Fsp3) is 0.200. The first-order valence-corrected chi connectivity index (χ1v) is 6.95. The summed E-state index contributed by atoms with van der Waals surface area (Å²) in [6.45, 7) is 2.32. The monoisotopic (exact) mass is 343 g/mol. The Kier molecular flexibility index (Phi) is 4.83. The standard InChI is InChI=1S/C15H13BrF3N/c1-2-20-15(11-5-3-9(16)7-14(11)19)12-8-10(17)4-6-13(12)18/h3-8,15,20H,2H2,1H3. The molecule has 2 aromatic rings. The fourth-order valence-electron chi connectivity index (χ4n) is 2.06. The Hall–Kier alpha value is -1.33. The molecule has 5 heteroatoms. The van der Waals surface area contributed by atoms with E-state index in [4.69, 9.17) is 0 Å². The van der Waals surface area contributed by atoms with E-state index in [1.165, 1.54) is 6.07 Å². The number of halogens is 4. The second-order valence-corrected chi connectivity index (χ2v) is 5.24. The molecule has 0 spiro atoms. The van der Waals surface area contributed by atoms with Gasteiger partial charge in [0.05, 0.1) is 6.04 Å². The Morgan fingerprint density at radius 2 is 1.75 bits per heavy atom. The zero-order valence-corrected chi connectivity index (χ0v) is 12.3. The van der Waals surface area contributed by atoms with E-state index in [1.807, 2.05) is 6.92 Å². The van der Waals surface area contributed by atoms with Crippen molar-refractivity contribution in [2.75, 3.05) is 6.54 Å². The minimum absolute atomic E-state index is 0.0908. The molecule has 1 nitrogen and oxygen atoms in total. The van der Waals surface area contributed by atoms with Crippen molar-refractivity contribution in [3.63, 3.8) is 0 Å². The summed E-state index contributed by atoms with van der Waals surface area (Å²) in [5.41, 5.74) is 0.368. The third-order valence-corrected chi connectivity index (χ3v) is 3.44. The van der Waals surface area contributed by atoms with Gasteiger partial charge in [0.15, 0.2) is 0 Å². The molecule has 1 N–H and O–H groups in total. The summed E-state index contributed by atoms with van der Waals surface area (Å²) >= 11 is 3.17. The molecule has 0 heterocycles. The van der Waals surface area contributed by atoms with E-state index in [0.29, 0.717) is 11.0 Å². The van der Waals surface area contributed by atoms with Crippen molar-refractivity contribution in [2.45, 2.75) is 13.0 Å². The van der Waals surface area contributed by atoms with Crippen LogP contribution >= 0.6 is 15.9 Å². The molecule has 1 unspecified atom stereocenters. The lowest BCUT2D eigenvalue weighted by molar-refractivity contribution is 0.522. The molecule has 0 radical (unpaired) electrons. The molecule has 2 aromatic carbocycles. The van der Waals surface area contributed by atoms with E-state index >= 15 is 0 Å². The van der Waals surface area contributed by atoms with Gasteiger partial charge in [0.2, 0.25) is 0 Å². The largest absolute Gasteiger partial charge is 0.306 e. The van der Waals surface area contributed by atoms with Crippen molar-refractivity contribution in [3.05, 3.63) is 69.4 Å². The average Bonchev–Trinajstić information content (AvgIpc) is 2.40. The van der Waals surface area contributed by atoms with Crippen LogP contribution in [0.5, 0.6) is 0 Å². The Morgan fingerprint density at radius 1 is 1.00 bits per heavy atom. The van der Waals surface area contributed by atoms with Gasteiger partial charge in [-0.1, -0.05) is 28.9 Å². The van der Waals surface area contributed by atoms with E-state index < -0.39 is 23.5 Å². The normalized spacial score (nSPS) is 12.4. The second-order valence-electron chi connectivity index (χ2n) is 4.32.